The van der Waals surface area contributed by atoms with Crippen molar-refractivity contribution in [2.24, 2.45) is 0 Å². The molecule has 0 aromatic heterocycles. The molecule has 16 heavy (non-hydrogen) atoms. The minimum Gasteiger partial charge on any atom is -0.310 e. The first-order valence-electron chi connectivity index (χ1n) is 6.34. The maximum atomic E-state index is 3.63. The van der Waals surface area contributed by atoms with Crippen LogP contribution in [0.25, 0.3) is 0 Å². The Labute approximate surface area is 99.3 Å². The van der Waals surface area contributed by atoms with E-state index in [0.717, 1.165) is 0 Å². The largest absolute Gasteiger partial charge is 0.310 e. The van der Waals surface area contributed by atoms with Crippen molar-refractivity contribution in [2.75, 3.05) is 6.54 Å². The lowest BCUT2D eigenvalue weighted by atomic mass is 9.86. The van der Waals surface area contributed by atoms with Crippen molar-refractivity contribution >= 4 is 0 Å². The van der Waals surface area contributed by atoms with Crippen molar-refractivity contribution in [1.82, 2.24) is 5.32 Å². The Morgan fingerprint density at radius 1 is 0.812 bits per heavy atom. The summed E-state index contributed by atoms with van der Waals surface area (Å²) in [7, 11) is 0. The molecule has 0 aliphatic carbocycles. The van der Waals surface area contributed by atoms with Gasteiger partial charge >= 0.3 is 0 Å². The summed E-state index contributed by atoms with van der Waals surface area (Å²) in [4.78, 5) is 0. The number of nitrogens with one attached hydrogen (secondary N) is 1. The van der Waals surface area contributed by atoms with Crippen LogP contribution in [0.2, 0.25) is 0 Å². The number of benzene rings is 1. The Morgan fingerprint density at radius 2 is 1.31 bits per heavy atom. The van der Waals surface area contributed by atoms with Crippen LogP contribution in [-0.4, -0.2) is 6.54 Å². The van der Waals surface area contributed by atoms with Crippen LogP contribution in [-0.2, 0) is 0 Å². The standard InChI is InChI=1S/C15H23N/c1-9-10(2)12(4)15(13(5)11(9)3)14-7-6-8-16-14/h14,16H,6-8H2,1-5H3/t14-/m0/s1. The maximum absolute atomic E-state index is 3.63. The molecule has 0 saturated carbocycles. The molecule has 2 rings (SSSR count). The van der Waals surface area contributed by atoms with Crippen molar-refractivity contribution in [3.8, 4) is 0 Å². The highest BCUT2D eigenvalue weighted by molar-refractivity contribution is 5.50. The van der Waals surface area contributed by atoms with E-state index >= 15 is 0 Å². The Morgan fingerprint density at radius 3 is 1.75 bits per heavy atom. The quantitative estimate of drug-likeness (QED) is 0.757. The minimum absolute atomic E-state index is 0.595. The third-order valence-corrected chi connectivity index (χ3v) is 4.47. The van der Waals surface area contributed by atoms with Crippen molar-refractivity contribution in [3.63, 3.8) is 0 Å². The summed E-state index contributed by atoms with van der Waals surface area (Å²) >= 11 is 0. The second kappa shape index (κ2) is 4.21. The van der Waals surface area contributed by atoms with Gasteiger partial charge in [0.1, 0.15) is 0 Å². The molecule has 1 nitrogen and oxygen atoms in total. The van der Waals surface area contributed by atoms with Gasteiger partial charge in [-0.15, -0.1) is 0 Å². The third-order valence-electron chi connectivity index (χ3n) is 4.47. The van der Waals surface area contributed by atoms with Gasteiger partial charge in [0.05, 0.1) is 0 Å². The predicted molar refractivity (Wildman–Crippen MR) is 70.1 cm³/mol. The van der Waals surface area contributed by atoms with Gasteiger partial charge in [0, 0.05) is 6.04 Å². The van der Waals surface area contributed by atoms with E-state index in [9.17, 15) is 0 Å². The number of hydrogen-bond acceptors (Lipinski definition) is 1. The van der Waals surface area contributed by atoms with Crippen LogP contribution >= 0.6 is 0 Å². The molecule has 88 valence electrons. The summed E-state index contributed by atoms with van der Waals surface area (Å²) in [5.74, 6) is 0. The van der Waals surface area contributed by atoms with Crippen molar-refractivity contribution in [2.45, 2.75) is 53.5 Å². The predicted octanol–water partition coefficient (Wildman–Crippen LogP) is 3.65. The van der Waals surface area contributed by atoms with Gasteiger partial charge in [-0.3, -0.25) is 0 Å². The fraction of sp³-hybridized carbons (Fsp3) is 0.600. The summed E-state index contributed by atoms with van der Waals surface area (Å²) in [6, 6.07) is 0.595. The van der Waals surface area contributed by atoms with E-state index < -0.39 is 0 Å². The topological polar surface area (TPSA) is 12.0 Å². The van der Waals surface area contributed by atoms with Gasteiger partial charge in [0.25, 0.3) is 0 Å². The molecular formula is C15H23N. The average molecular weight is 217 g/mol. The second-order valence-corrected chi connectivity index (χ2v) is 5.19. The molecule has 1 aromatic rings. The zero-order valence-corrected chi connectivity index (χ0v) is 11.2. The smallest absolute Gasteiger partial charge is 0.0326 e. The molecule has 1 saturated heterocycles. The monoisotopic (exact) mass is 217 g/mol. The lowest BCUT2D eigenvalue weighted by molar-refractivity contribution is 0.637. The summed E-state index contributed by atoms with van der Waals surface area (Å²) < 4.78 is 0. The Bertz CT molecular complexity index is 383. The molecule has 0 unspecified atom stereocenters. The van der Waals surface area contributed by atoms with Gasteiger partial charge in [-0.1, -0.05) is 0 Å². The second-order valence-electron chi connectivity index (χ2n) is 5.19. The van der Waals surface area contributed by atoms with E-state index in [0.29, 0.717) is 6.04 Å². The number of hydrogen-bond donors (Lipinski definition) is 1. The van der Waals surface area contributed by atoms with Crippen LogP contribution in [0.15, 0.2) is 0 Å². The highest BCUT2D eigenvalue weighted by atomic mass is 14.9. The van der Waals surface area contributed by atoms with Gasteiger partial charge in [-0.2, -0.15) is 0 Å². The number of rotatable bonds is 1. The third kappa shape index (κ3) is 1.67. The molecule has 0 amide bonds. The molecule has 1 aliphatic rings. The van der Waals surface area contributed by atoms with Crippen molar-refractivity contribution in [1.29, 1.82) is 0 Å². The van der Waals surface area contributed by atoms with Crippen LogP contribution < -0.4 is 5.32 Å². The summed E-state index contributed by atoms with van der Waals surface area (Å²) in [6.07, 6.45) is 2.61. The van der Waals surface area contributed by atoms with Gasteiger partial charge < -0.3 is 5.32 Å². The molecule has 0 bridgehead atoms. The fourth-order valence-corrected chi connectivity index (χ4v) is 2.98. The lowest BCUT2D eigenvalue weighted by Crippen LogP contribution is -2.17. The first kappa shape index (κ1) is 11.7. The zero-order chi connectivity index (χ0) is 11.9. The van der Waals surface area contributed by atoms with Crippen LogP contribution in [0.4, 0.5) is 0 Å². The van der Waals surface area contributed by atoms with E-state index in [1.165, 1.54) is 47.2 Å². The average Bonchev–Trinajstić information content (AvgIpc) is 2.77. The first-order valence-corrected chi connectivity index (χ1v) is 6.34. The van der Waals surface area contributed by atoms with E-state index in [1.54, 1.807) is 5.56 Å². The van der Waals surface area contributed by atoms with Crippen LogP contribution in [0, 0.1) is 34.6 Å². The molecule has 1 aromatic carbocycles. The van der Waals surface area contributed by atoms with Crippen LogP contribution in [0.5, 0.6) is 0 Å². The highest BCUT2D eigenvalue weighted by Crippen LogP contribution is 2.33. The maximum Gasteiger partial charge on any atom is 0.0326 e. The SMILES string of the molecule is Cc1c(C)c(C)c([C@@H]2CCCN2)c(C)c1C. The normalized spacial score (nSPS) is 20.4. The highest BCUT2D eigenvalue weighted by Gasteiger charge is 2.22. The Hall–Kier alpha value is -0.820. The molecule has 1 fully saturated rings. The van der Waals surface area contributed by atoms with E-state index in [1.807, 2.05) is 0 Å². The summed E-state index contributed by atoms with van der Waals surface area (Å²) in [5, 5.41) is 3.63. The molecule has 1 atom stereocenters. The van der Waals surface area contributed by atoms with Crippen molar-refractivity contribution < 1.29 is 0 Å². The molecule has 1 heteroatoms. The van der Waals surface area contributed by atoms with Crippen LogP contribution in [0.1, 0.15) is 52.3 Å². The van der Waals surface area contributed by atoms with E-state index in [4.69, 9.17) is 0 Å². The zero-order valence-electron chi connectivity index (χ0n) is 11.2. The molecule has 0 spiro atoms. The molecule has 0 radical (unpaired) electrons. The van der Waals surface area contributed by atoms with Gasteiger partial charge in [0.15, 0.2) is 0 Å². The molecule has 1 aliphatic heterocycles. The van der Waals surface area contributed by atoms with Gasteiger partial charge in [0.2, 0.25) is 0 Å². The fourth-order valence-electron chi connectivity index (χ4n) is 2.98. The lowest BCUT2D eigenvalue weighted by Gasteiger charge is -2.23. The Balaban J connectivity index is 2.59. The van der Waals surface area contributed by atoms with Crippen LogP contribution in [0.3, 0.4) is 0 Å². The minimum atomic E-state index is 0.595. The van der Waals surface area contributed by atoms with Gasteiger partial charge in [-0.05, 0) is 87.4 Å². The van der Waals surface area contributed by atoms with E-state index in [-0.39, 0.29) is 0 Å². The van der Waals surface area contributed by atoms with Gasteiger partial charge in [-0.25, -0.2) is 0 Å². The van der Waals surface area contributed by atoms with E-state index in [2.05, 4.69) is 39.9 Å². The summed E-state index contributed by atoms with van der Waals surface area (Å²) in [5.41, 5.74) is 8.99. The molecule has 1 heterocycles. The Kier molecular flexibility index (Phi) is 3.07. The first-order chi connectivity index (χ1) is 7.54. The molecular weight excluding hydrogens is 194 g/mol. The summed E-state index contributed by atoms with van der Waals surface area (Å²) in [6.45, 7) is 12.5. The van der Waals surface area contributed by atoms with Crippen molar-refractivity contribution in [3.05, 3.63) is 33.4 Å². The molecule has 1 N–H and O–H groups in total.